The third-order valence-electron chi connectivity index (χ3n) is 7.35. The molecule has 6 rings (SSSR count). The van der Waals surface area contributed by atoms with Crippen LogP contribution in [0, 0.1) is 5.92 Å². The highest BCUT2D eigenvalue weighted by Gasteiger charge is 2.53. The van der Waals surface area contributed by atoms with Gasteiger partial charge in [-0.3, -0.25) is 0 Å². The quantitative estimate of drug-likeness (QED) is 0.505. The van der Waals surface area contributed by atoms with E-state index in [2.05, 4.69) is 15.2 Å². The lowest BCUT2D eigenvalue weighted by Gasteiger charge is -2.29. The molecule has 2 aliphatic carbocycles. The second-order valence-electron chi connectivity index (χ2n) is 9.37. The molecule has 1 saturated heterocycles. The normalized spacial score (nSPS) is 22.1. The van der Waals surface area contributed by atoms with Crippen LogP contribution in [0.2, 0.25) is 0 Å². The van der Waals surface area contributed by atoms with E-state index in [4.69, 9.17) is 24.2 Å². The first-order valence-corrected chi connectivity index (χ1v) is 12.0. The summed E-state index contributed by atoms with van der Waals surface area (Å²) in [5, 5.41) is 13.3. The van der Waals surface area contributed by atoms with Gasteiger partial charge < -0.3 is 34.1 Å². The molecule has 0 bridgehead atoms. The first-order valence-electron chi connectivity index (χ1n) is 12.0. The zero-order valence-electron chi connectivity index (χ0n) is 20.2. The molecule has 0 spiro atoms. The number of aliphatic hydroxyl groups excluding tert-OH is 1. The van der Waals surface area contributed by atoms with Crippen molar-refractivity contribution in [3.05, 3.63) is 35.9 Å². The van der Waals surface area contributed by atoms with Crippen LogP contribution in [0.4, 0.5) is 17.6 Å². The maximum absolute atomic E-state index is 9.97. The molecule has 3 atom stereocenters. The van der Waals surface area contributed by atoms with E-state index < -0.39 is 0 Å². The van der Waals surface area contributed by atoms with E-state index in [1.54, 1.807) is 27.7 Å². The van der Waals surface area contributed by atoms with Gasteiger partial charge in [0.05, 0.1) is 51.6 Å². The van der Waals surface area contributed by atoms with Crippen molar-refractivity contribution in [3.63, 3.8) is 0 Å². The van der Waals surface area contributed by atoms with E-state index in [0.717, 1.165) is 42.9 Å². The number of hydrogen-bond donors (Lipinski definition) is 2. The van der Waals surface area contributed by atoms with Crippen molar-refractivity contribution in [2.24, 2.45) is 5.92 Å². The fourth-order valence-electron chi connectivity index (χ4n) is 5.59. The van der Waals surface area contributed by atoms with Gasteiger partial charge in [0, 0.05) is 23.7 Å². The molecule has 35 heavy (non-hydrogen) atoms. The molecule has 10 heteroatoms. The molecule has 1 aliphatic heterocycles. The van der Waals surface area contributed by atoms with Crippen LogP contribution in [-0.2, 0) is 12.8 Å². The van der Waals surface area contributed by atoms with Crippen LogP contribution in [0.25, 0.3) is 5.69 Å². The average molecular weight is 479 g/mol. The summed E-state index contributed by atoms with van der Waals surface area (Å²) in [6, 6.07) is 4.38. The van der Waals surface area contributed by atoms with Crippen LogP contribution < -0.4 is 24.4 Å². The smallest absolute Gasteiger partial charge is 0.230 e. The summed E-state index contributed by atoms with van der Waals surface area (Å²) < 4.78 is 18.3. The van der Waals surface area contributed by atoms with Crippen LogP contribution >= 0.6 is 0 Å². The predicted molar refractivity (Wildman–Crippen MR) is 130 cm³/mol. The molecule has 1 aromatic carbocycles. The van der Waals surface area contributed by atoms with Crippen molar-refractivity contribution < 1.29 is 19.3 Å². The molecule has 1 unspecified atom stereocenters. The van der Waals surface area contributed by atoms with Gasteiger partial charge in [-0.1, -0.05) is 0 Å². The molecule has 3 aliphatic rings. The third kappa shape index (κ3) is 3.72. The second-order valence-corrected chi connectivity index (χ2v) is 9.37. The second kappa shape index (κ2) is 8.60. The molecular formula is C25H30N6O4. The number of aliphatic hydroxyl groups is 1. The van der Waals surface area contributed by atoms with Crippen LogP contribution in [-0.4, -0.2) is 64.6 Å². The minimum atomic E-state index is 0.144. The highest BCUT2D eigenvalue weighted by atomic mass is 16.5. The Labute approximate surface area is 203 Å². The Bertz CT molecular complexity index is 1240. The van der Waals surface area contributed by atoms with Gasteiger partial charge in [-0.2, -0.15) is 4.98 Å². The van der Waals surface area contributed by atoms with E-state index >= 15 is 0 Å². The summed E-state index contributed by atoms with van der Waals surface area (Å²) in [4.78, 5) is 16.6. The number of aryl methyl sites for hydroxylation is 1. The summed E-state index contributed by atoms with van der Waals surface area (Å²) in [6.07, 6.45) is 8.85. The number of anilines is 3. The highest BCUT2D eigenvalue weighted by Crippen LogP contribution is 2.50. The summed E-state index contributed by atoms with van der Waals surface area (Å²) >= 11 is 0. The monoisotopic (exact) mass is 478 g/mol. The van der Waals surface area contributed by atoms with Crippen molar-refractivity contribution in [3.8, 4) is 22.9 Å². The molecule has 184 valence electrons. The van der Waals surface area contributed by atoms with Crippen LogP contribution in [0.3, 0.4) is 0 Å². The number of ether oxygens (including phenoxy) is 3. The number of nitrogens with one attached hydrogen (secondary N) is 1. The summed E-state index contributed by atoms with van der Waals surface area (Å²) in [5.74, 6) is 4.52. The van der Waals surface area contributed by atoms with Gasteiger partial charge in [0.15, 0.2) is 17.3 Å². The molecule has 0 radical (unpaired) electrons. The summed E-state index contributed by atoms with van der Waals surface area (Å²) in [5.41, 5.74) is 3.16. The molecule has 2 fully saturated rings. The van der Waals surface area contributed by atoms with Crippen LogP contribution in [0.1, 0.15) is 30.5 Å². The topological polar surface area (TPSA) is 107 Å². The number of fused-ring (bicyclic) bond motifs is 2. The zero-order chi connectivity index (χ0) is 24.1. The minimum absolute atomic E-state index is 0.144. The first-order chi connectivity index (χ1) is 17.1. The fourth-order valence-corrected chi connectivity index (χ4v) is 5.59. The standard InChI is InChI=1S/C25H30N6O4/c1-33-20-9-15(10-21(34-2)23(20)35-3)30-11-22(26-13-30)28-25-27-18-6-4-5-17(18)24(29-25)31-16(12-32)7-14-8-19(14)31/h9-11,13-14,16,19,32H,4-8,12H2,1-3H3,(H,27,28,29)/t14-,16-,19?/m0/s1. The lowest BCUT2D eigenvalue weighted by atomic mass is 10.1. The molecule has 1 saturated carbocycles. The Balaban J connectivity index is 1.30. The zero-order valence-corrected chi connectivity index (χ0v) is 20.2. The lowest BCUT2D eigenvalue weighted by Crippen LogP contribution is -2.37. The largest absolute Gasteiger partial charge is 0.493 e. The molecule has 2 N–H and O–H groups in total. The Morgan fingerprint density at radius 2 is 1.86 bits per heavy atom. The van der Waals surface area contributed by atoms with Crippen LogP contribution in [0.15, 0.2) is 24.7 Å². The number of methoxy groups -OCH3 is 3. The minimum Gasteiger partial charge on any atom is -0.493 e. The van der Waals surface area contributed by atoms with Gasteiger partial charge in [0.2, 0.25) is 11.7 Å². The van der Waals surface area contributed by atoms with E-state index in [0.29, 0.717) is 41.0 Å². The van der Waals surface area contributed by atoms with Crippen molar-refractivity contribution in [1.29, 1.82) is 0 Å². The average Bonchev–Trinajstić information content (AvgIpc) is 3.25. The third-order valence-corrected chi connectivity index (χ3v) is 7.35. The lowest BCUT2D eigenvalue weighted by molar-refractivity contribution is 0.259. The van der Waals surface area contributed by atoms with Gasteiger partial charge >= 0.3 is 0 Å². The van der Waals surface area contributed by atoms with Crippen molar-refractivity contribution in [2.75, 3.05) is 38.2 Å². The maximum Gasteiger partial charge on any atom is 0.230 e. The molecule has 3 aromatic rings. The SMILES string of the molecule is COc1cc(-n2cnc(Nc3nc4c(c(N5C6C[C@@H]6C[C@H]5CO)n3)CCC4)c2)cc(OC)c1OC. The number of rotatable bonds is 8. The van der Waals surface area contributed by atoms with Crippen LogP contribution in [0.5, 0.6) is 17.2 Å². The van der Waals surface area contributed by atoms with Gasteiger partial charge in [0.1, 0.15) is 12.1 Å². The Morgan fingerprint density at radius 3 is 2.57 bits per heavy atom. The predicted octanol–water partition coefficient (Wildman–Crippen LogP) is 2.88. The molecule has 3 heterocycles. The Hall–Kier alpha value is -3.53. The van der Waals surface area contributed by atoms with Crippen molar-refractivity contribution >= 4 is 17.6 Å². The first kappa shape index (κ1) is 22.0. The number of imidazole rings is 1. The van der Waals surface area contributed by atoms with E-state index in [9.17, 15) is 5.11 Å². The maximum atomic E-state index is 9.97. The number of piperidine rings is 1. The summed E-state index contributed by atoms with van der Waals surface area (Å²) in [6.45, 7) is 0.160. The van der Waals surface area contributed by atoms with Gasteiger partial charge in [-0.15, -0.1) is 0 Å². The number of nitrogens with zero attached hydrogens (tertiary/aromatic N) is 5. The van der Waals surface area contributed by atoms with Gasteiger partial charge in [0.25, 0.3) is 0 Å². The Morgan fingerprint density at radius 1 is 1.06 bits per heavy atom. The summed E-state index contributed by atoms with van der Waals surface area (Å²) in [7, 11) is 4.77. The van der Waals surface area contributed by atoms with Crippen molar-refractivity contribution in [1.82, 2.24) is 19.5 Å². The van der Waals surface area contributed by atoms with Gasteiger partial charge in [-0.05, 0) is 38.0 Å². The number of benzene rings is 1. The molecule has 2 aromatic heterocycles. The molecule has 0 amide bonds. The molecular weight excluding hydrogens is 448 g/mol. The van der Waals surface area contributed by atoms with E-state index in [1.807, 2.05) is 22.9 Å². The van der Waals surface area contributed by atoms with Crippen molar-refractivity contribution in [2.45, 2.75) is 44.2 Å². The number of aromatic nitrogens is 4. The van der Waals surface area contributed by atoms with E-state index in [-0.39, 0.29) is 12.6 Å². The highest BCUT2D eigenvalue weighted by molar-refractivity contribution is 5.61. The Kier molecular flexibility index (Phi) is 5.40. The van der Waals surface area contributed by atoms with Gasteiger partial charge in [-0.25, -0.2) is 9.97 Å². The molecule has 10 nitrogen and oxygen atoms in total. The fraction of sp³-hybridized carbons (Fsp3) is 0.480. The van der Waals surface area contributed by atoms with E-state index in [1.165, 1.54) is 12.0 Å². The number of hydrogen-bond acceptors (Lipinski definition) is 9.